The molecule has 4 rings (SSSR count). The van der Waals surface area contributed by atoms with Gasteiger partial charge in [0.15, 0.2) is 0 Å². The van der Waals surface area contributed by atoms with Gasteiger partial charge in [-0.25, -0.2) is 18.4 Å². The number of rotatable bonds is 7. The van der Waals surface area contributed by atoms with Crippen molar-refractivity contribution in [1.82, 2.24) is 0 Å². The lowest BCUT2D eigenvalue weighted by Gasteiger charge is -2.16. The zero-order valence-electron chi connectivity index (χ0n) is 16.8. The first-order valence-electron chi connectivity index (χ1n) is 9.84. The van der Waals surface area contributed by atoms with Crippen molar-refractivity contribution < 1.29 is 33.0 Å². The van der Waals surface area contributed by atoms with Crippen LogP contribution in [0, 0.1) is 0 Å². The summed E-state index contributed by atoms with van der Waals surface area (Å²) in [6.45, 7) is -0.850. The van der Waals surface area contributed by atoms with Crippen LogP contribution in [-0.2, 0) is 4.74 Å². The molecule has 3 aromatic rings. The number of carbonyl (C=O) groups is 2. The van der Waals surface area contributed by atoms with E-state index in [1.807, 2.05) is 48.5 Å². The van der Waals surface area contributed by atoms with E-state index >= 15 is 0 Å². The summed E-state index contributed by atoms with van der Waals surface area (Å²) in [5.41, 5.74) is 4.03. The van der Waals surface area contributed by atoms with Crippen molar-refractivity contribution in [3.05, 3.63) is 83.4 Å². The molecule has 0 aromatic heterocycles. The van der Waals surface area contributed by atoms with Crippen LogP contribution in [0.3, 0.4) is 0 Å². The Morgan fingerprint density at radius 3 is 2.19 bits per heavy atom. The van der Waals surface area contributed by atoms with Gasteiger partial charge in [-0.05, 0) is 40.5 Å². The molecule has 0 bridgehead atoms. The van der Waals surface area contributed by atoms with E-state index in [1.54, 1.807) is 0 Å². The predicted molar refractivity (Wildman–Crippen MR) is 114 cm³/mol. The lowest BCUT2D eigenvalue weighted by molar-refractivity contribution is 0.0695. The normalized spacial score (nSPS) is 12.2. The van der Waals surface area contributed by atoms with Gasteiger partial charge >= 0.3 is 12.1 Å². The van der Waals surface area contributed by atoms with E-state index in [4.69, 9.17) is 9.47 Å². The number of halogens is 2. The summed E-state index contributed by atoms with van der Waals surface area (Å²) in [4.78, 5) is 23.7. The molecule has 0 fully saturated rings. The molecule has 6 nitrogen and oxygen atoms in total. The molecule has 1 aliphatic rings. The molecule has 0 atom stereocenters. The number of carboxylic acid groups (broad SMARTS) is 1. The van der Waals surface area contributed by atoms with E-state index in [0.29, 0.717) is 0 Å². The third kappa shape index (κ3) is 4.39. The Hall–Kier alpha value is -3.94. The van der Waals surface area contributed by atoms with Crippen LogP contribution in [0.4, 0.5) is 19.3 Å². The van der Waals surface area contributed by atoms with E-state index in [1.165, 1.54) is 12.1 Å². The summed E-state index contributed by atoms with van der Waals surface area (Å²) in [6, 6.07) is 19.3. The highest BCUT2D eigenvalue weighted by molar-refractivity contribution is 5.93. The number of carbonyl (C=O) groups excluding carboxylic acids is 1. The van der Waals surface area contributed by atoms with Crippen molar-refractivity contribution in [2.45, 2.75) is 12.3 Å². The van der Waals surface area contributed by atoms with Gasteiger partial charge in [0.05, 0.1) is 11.3 Å². The van der Waals surface area contributed by atoms with Gasteiger partial charge in [0.25, 0.3) is 6.43 Å². The average Bonchev–Trinajstić information content (AvgIpc) is 3.10. The molecule has 0 unspecified atom stereocenters. The fraction of sp³-hybridized carbons (Fsp3) is 0.167. The Kier molecular flexibility index (Phi) is 6.02. The van der Waals surface area contributed by atoms with E-state index < -0.39 is 25.1 Å². The molecule has 2 N–H and O–H groups in total. The Bertz CT molecular complexity index is 1120. The summed E-state index contributed by atoms with van der Waals surface area (Å²) >= 11 is 0. The maximum Gasteiger partial charge on any atom is 0.411 e. The molecule has 0 heterocycles. The number of fused-ring (bicyclic) bond motifs is 3. The van der Waals surface area contributed by atoms with Crippen molar-refractivity contribution in [3.63, 3.8) is 0 Å². The largest absolute Gasteiger partial charge is 0.485 e. The van der Waals surface area contributed by atoms with Gasteiger partial charge in [0, 0.05) is 5.92 Å². The maximum absolute atomic E-state index is 12.5. The molecular weight excluding hydrogens is 420 g/mol. The standard InChI is InChI=1S/C24H19F2NO5/c25-22(26)13-31-21-10-9-14(23(28)29)11-20(21)27-24(30)32-12-19-17-7-3-1-5-15(17)16-6-2-4-8-18(16)19/h1-11,19,22H,12-13H2,(H,27,30)(H,28,29). The molecule has 0 saturated heterocycles. The highest BCUT2D eigenvalue weighted by Gasteiger charge is 2.29. The van der Waals surface area contributed by atoms with Gasteiger partial charge in [-0.1, -0.05) is 48.5 Å². The van der Waals surface area contributed by atoms with Gasteiger partial charge in [0.1, 0.15) is 19.0 Å². The quantitative estimate of drug-likeness (QED) is 0.516. The topological polar surface area (TPSA) is 84.9 Å². The lowest BCUT2D eigenvalue weighted by atomic mass is 9.98. The summed E-state index contributed by atoms with van der Waals surface area (Å²) in [5.74, 6) is -1.47. The second kappa shape index (κ2) is 9.05. The minimum absolute atomic E-state index is 0.0473. The first kappa shape index (κ1) is 21.3. The third-order valence-electron chi connectivity index (χ3n) is 5.17. The SMILES string of the molecule is O=C(Nc1cc(C(=O)O)ccc1OCC(F)F)OCC1c2ccccc2-c2ccccc21. The van der Waals surface area contributed by atoms with Crippen LogP contribution in [-0.4, -0.2) is 36.8 Å². The van der Waals surface area contributed by atoms with Crippen molar-refractivity contribution in [2.75, 3.05) is 18.5 Å². The number of ether oxygens (including phenoxy) is 2. The van der Waals surface area contributed by atoms with Gasteiger partial charge in [-0.15, -0.1) is 0 Å². The zero-order chi connectivity index (χ0) is 22.7. The van der Waals surface area contributed by atoms with E-state index in [2.05, 4.69) is 5.32 Å². The van der Waals surface area contributed by atoms with Crippen LogP contribution in [0.25, 0.3) is 11.1 Å². The Morgan fingerprint density at radius 1 is 0.969 bits per heavy atom. The van der Waals surface area contributed by atoms with Crippen LogP contribution in [0.2, 0.25) is 0 Å². The molecule has 1 amide bonds. The number of hydrogen-bond acceptors (Lipinski definition) is 4. The highest BCUT2D eigenvalue weighted by Crippen LogP contribution is 2.44. The number of carboxylic acids is 1. The number of benzene rings is 3. The smallest absolute Gasteiger partial charge is 0.411 e. The average molecular weight is 439 g/mol. The van der Waals surface area contributed by atoms with Gasteiger partial charge in [-0.3, -0.25) is 5.32 Å². The molecule has 1 aliphatic carbocycles. The van der Waals surface area contributed by atoms with Crippen molar-refractivity contribution in [2.24, 2.45) is 0 Å². The number of nitrogens with one attached hydrogen (secondary N) is 1. The molecule has 164 valence electrons. The number of aromatic carboxylic acids is 1. The zero-order valence-corrected chi connectivity index (χ0v) is 16.8. The number of amides is 1. The molecule has 0 radical (unpaired) electrons. The van der Waals surface area contributed by atoms with Crippen LogP contribution in [0.5, 0.6) is 5.75 Å². The Morgan fingerprint density at radius 2 is 1.59 bits per heavy atom. The van der Waals surface area contributed by atoms with Crippen LogP contribution < -0.4 is 10.1 Å². The minimum Gasteiger partial charge on any atom is -0.485 e. The molecule has 3 aromatic carbocycles. The number of alkyl halides is 2. The molecule has 8 heteroatoms. The number of anilines is 1. The fourth-order valence-corrected chi connectivity index (χ4v) is 3.78. The van der Waals surface area contributed by atoms with Gasteiger partial charge in [0.2, 0.25) is 0 Å². The van der Waals surface area contributed by atoms with Crippen molar-refractivity contribution in [3.8, 4) is 16.9 Å². The van der Waals surface area contributed by atoms with Crippen LogP contribution in [0.1, 0.15) is 27.4 Å². The van der Waals surface area contributed by atoms with Crippen molar-refractivity contribution in [1.29, 1.82) is 0 Å². The van der Waals surface area contributed by atoms with Gasteiger partial charge < -0.3 is 14.6 Å². The maximum atomic E-state index is 12.5. The first-order valence-corrected chi connectivity index (χ1v) is 9.84. The molecule has 0 spiro atoms. The highest BCUT2D eigenvalue weighted by atomic mass is 19.3. The Labute approximate surface area is 182 Å². The Balaban J connectivity index is 1.50. The fourth-order valence-electron chi connectivity index (χ4n) is 3.78. The van der Waals surface area contributed by atoms with E-state index in [-0.39, 0.29) is 29.5 Å². The minimum atomic E-state index is -2.73. The molecule has 32 heavy (non-hydrogen) atoms. The molecular formula is C24H19F2NO5. The second-order valence-corrected chi connectivity index (χ2v) is 7.17. The summed E-state index contributed by atoms with van der Waals surface area (Å²) in [7, 11) is 0. The summed E-state index contributed by atoms with van der Waals surface area (Å²) < 4.78 is 35.5. The first-order chi connectivity index (χ1) is 15.4. The molecule has 0 aliphatic heterocycles. The number of hydrogen-bond donors (Lipinski definition) is 2. The van der Waals surface area contributed by atoms with E-state index in [0.717, 1.165) is 28.3 Å². The third-order valence-corrected chi connectivity index (χ3v) is 5.17. The monoisotopic (exact) mass is 439 g/mol. The predicted octanol–water partition coefficient (Wildman–Crippen LogP) is 5.39. The van der Waals surface area contributed by atoms with Crippen LogP contribution >= 0.6 is 0 Å². The van der Waals surface area contributed by atoms with Crippen molar-refractivity contribution >= 4 is 17.7 Å². The second-order valence-electron chi connectivity index (χ2n) is 7.17. The van der Waals surface area contributed by atoms with Crippen LogP contribution in [0.15, 0.2) is 66.7 Å². The molecule has 0 saturated carbocycles. The lowest BCUT2D eigenvalue weighted by Crippen LogP contribution is -2.19. The summed E-state index contributed by atoms with van der Waals surface area (Å²) in [5, 5.41) is 11.6. The summed E-state index contributed by atoms with van der Waals surface area (Å²) in [6.07, 6.45) is -3.58. The van der Waals surface area contributed by atoms with Gasteiger partial charge in [-0.2, -0.15) is 0 Å². The van der Waals surface area contributed by atoms with E-state index in [9.17, 15) is 23.5 Å².